The molecule has 0 fully saturated rings. The summed E-state index contributed by atoms with van der Waals surface area (Å²) in [5, 5.41) is 12.2. The van der Waals surface area contributed by atoms with Gasteiger partial charge in [0.05, 0.1) is 29.5 Å². The summed E-state index contributed by atoms with van der Waals surface area (Å²) in [4.78, 5) is 0. The second-order valence-corrected chi connectivity index (χ2v) is 7.56. The van der Waals surface area contributed by atoms with Gasteiger partial charge in [-0.1, -0.05) is 51.6 Å². The van der Waals surface area contributed by atoms with Crippen LogP contribution in [0.15, 0.2) is 52.1 Å². The van der Waals surface area contributed by atoms with E-state index in [4.69, 9.17) is 65.8 Å². The van der Waals surface area contributed by atoms with Crippen molar-refractivity contribution in [2.45, 2.75) is 12.8 Å². The predicted molar refractivity (Wildman–Crippen MR) is 118 cm³/mol. The second-order valence-electron chi connectivity index (χ2n) is 5.74. The van der Waals surface area contributed by atoms with E-state index in [0.717, 1.165) is 24.2 Å². The standard InChI is InChI=1S/C20H19Cl4NO4/c21-17-11-16(28-10-7-19(23)24)12-18(22)20(17)29-9-2-1-8-27-15-5-3-14(4-6-15)13-25-26/h3-7,11-13,26H,1-2,8-10H2. The molecule has 156 valence electrons. The van der Waals surface area contributed by atoms with E-state index in [2.05, 4.69) is 5.16 Å². The van der Waals surface area contributed by atoms with Gasteiger partial charge >= 0.3 is 0 Å². The van der Waals surface area contributed by atoms with Crippen molar-refractivity contribution in [3.05, 3.63) is 62.6 Å². The molecule has 29 heavy (non-hydrogen) atoms. The van der Waals surface area contributed by atoms with Crippen LogP contribution in [0.5, 0.6) is 17.2 Å². The highest BCUT2D eigenvalue weighted by Gasteiger charge is 2.10. The predicted octanol–water partition coefficient (Wildman–Crippen LogP) is 6.74. The fourth-order valence-corrected chi connectivity index (χ4v) is 2.95. The minimum absolute atomic E-state index is 0.124. The molecule has 0 amide bonds. The Bertz CT molecular complexity index is 814. The molecule has 0 atom stereocenters. The van der Waals surface area contributed by atoms with Crippen molar-refractivity contribution < 1.29 is 19.4 Å². The van der Waals surface area contributed by atoms with Crippen molar-refractivity contribution in [3.8, 4) is 17.2 Å². The van der Waals surface area contributed by atoms with E-state index in [1.807, 2.05) is 12.1 Å². The number of halogens is 4. The maximum atomic E-state index is 8.49. The van der Waals surface area contributed by atoms with Crippen molar-refractivity contribution in [2.24, 2.45) is 5.16 Å². The summed E-state index contributed by atoms with van der Waals surface area (Å²) in [6, 6.07) is 10.5. The first-order valence-electron chi connectivity index (χ1n) is 8.65. The van der Waals surface area contributed by atoms with Gasteiger partial charge in [0, 0.05) is 12.1 Å². The van der Waals surface area contributed by atoms with E-state index in [-0.39, 0.29) is 11.1 Å². The van der Waals surface area contributed by atoms with Gasteiger partial charge in [0.1, 0.15) is 22.6 Å². The van der Waals surface area contributed by atoms with Crippen LogP contribution in [0.1, 0.15) is 18.4 Å². The van der Waals surface area contributed by atoms with Crippen molar-refractivity contribution in [1.82, 2.24) is 0 Å². The molecular formula is C20H19Cl4NO4. The number of hydrogen-bond donors (Lipinski definition) is 1. The molecule has 0 spiro atoms. The van der Waals surface area contributed by atoms with E-state index in [9.17, 15) is 0 Å². The van der Waals surface area contributed by atoms with E-state index in [1.165, 1.54) is 12.3 Å². The summed E-state index contributed by atoms with van der Waals surface area (Å²) in [6.07, 6.45) is 4.42. The molecule has 0 bridgehead atoms. The van der Waals surface area contributed by atoms with Gasteiger partial charge in [-0.2, -0.15) is 0 Å². The van der Waals surface area contributed by atoms with Crippen LogP contribution in [0, 0.1) is 0 Å². The maximum absolute atomic E-state index is 8.49. The van der Waals surface area contributed by atoms with Crippen molar-refractivity contribution in [3.63, 3.8) is 0 Å². The summed E-state index contributed by atoms with van der Waals surface area (Å²) in [7, 11) is 0. The van der Waals surface area contributed by atoms with Gasteiger partial charge in [-0.05, 0) is 48.7 Å². The summed E-state index contributed by atoms with van der Waals surface area (Å²) >= 11 is 23.5. The largest absolute Gasteiger partial charge is 0.494 e. The lowest BCUT2D eigenvalue weighted by Crippen LogP contribution is -2.03. The van der Waals surface area contributed by atoms with E-state index in [0.29, 0.717) is 34.8 Å². The first-order valence-corrected chi connectivity index (χ1v) is 10.2. The van der Waals surface area contributed by atoms with Crippen LogP contribution in [0.3, 0.4) is 0 Å². The quantitative estimate of drug-likeness (QED) is 0.168. The topological polar surface area (TPSA) is 60.3 Å². The Morgan fingerprint density at radius 1 is 0.897 bits per heavy atom. The molecule has 0 saturated carbocycles. The zero-order valence-corrected chi connectivity index (χ0v) is 18.3. The summed E-state index contributed by atoms with van der Waals surface area (Å²) in [5.41, 5.74) is 0.790. The Morgan fingerprint density at radius 3 is 2.10 bits per heavy atom. The van der Waals surface area contributed by atoms with Crippen LogP contribution >= 0.6 is 46.4 Å². The molecule has 1 N–H and O–H groups in total. The average Bonchev–Trinajstić information content (AvgIpc) is 2.67. The molecule has 0 aliphatic rings. The monoisotopic (exact) mass is 477 g/mol. The van der Waals surface area contributed by atoms with Crippen LogP contribution in [-0.2, 0) is 0 Å². The number of hydrogen-bond acceptors (Lipinski definition) is 5. The minimum atomic E-state index is 0.124. The number of rotatable bonds is 11. The molecule has 9 heteroatoms. The highest BCUT2D eigenvalue weighted by molar-refractivity contribution is 6.55. The zero-order chi connectivity index (χ0) is 21.1. The van der Waals surface area contributed by atoms with Gasteiger partial charge in [0.15, 0.2) is 5.75 Å². The Hall–Kier alpha value is -1.79. The Labute approximate surface area is 189 Å². The molecular weight excluding hydrogens is 460 g/mol. The molecule has 0 heterocycles. The highest BCUT2D eigenvalue weighted by Crippen LogP contribution is 2.37. The molecule has 0 aromatic heterocycles. The molecule has 5 nitrogen and oxygen atoms in total. The van der Waals surface area contributed by atoms with Crippen molar-refractivity contribution in [2.75, 3.05) is 19.8 Å². The molecule has 2 rings (SSSR count). The lowest BCUT2D eigenvalue weighted by Gasteiger charge is -2.12. The number of benzene rings is 2. The molecule has 0 aliphatic carbocycles. The third-order valence-corrected chi connectivity index (χ3v) is 4.47. The first-order chi connectivity index (χ1) is 14.0. The minimum Gasteiger partial charge on any atom is -0.494 e. The zero-order valence-electron chi connectivity index (χ0n) is 15.3. The lowest BCUT2D eigenvalue weighted by atomic mass is 10.2. The van der Waals surface area contributed by atoms with Gasteiger partial charge in [-0.15, -0.1) is 0 Å². The van der Waals surface area contributed by atoms with Gasteiger partial charge in [0.2, 0.25) is 0 Å². The van der Waals surface area contributed by atoms with Gasteiger partial charge in [0.25, 0.3) is 0 Å². The third kappa shape index (κ3) is 8.62. The first kappa shape index (κ1) is 23.5. The maximum Gasteiger partial charge on any atom is 0.156 e. The summed E-state index contributed by atoms with van der Waals surface area (Å²) < 4.78 is 16.9. The van der Waals surface area contributed by atoms with Crippen LogP contribution in [-0.4, -0.2) is 31.2 Å². The Balaban J connectivity index is 1.72. The molecule has 0 saturated heterocycles. The second kappa shape index (κ2) is 12.7. The molecule has 0 radical (unpaired) electrons. The fourth-order valence-electron chi connectivity index (χ4n) is 2.24. The Kier molecular flexibility index (Phi) is 10.3. The van der Waals surface area contributed by atoms with Gasteiger partial charge < -0.3 is 19.4 Å². The van der Waals surface area contributed by atoms with Crippen molar-refractivity contribution >= 4 is 52.6 Å². The van der Waals surface area contributed by atoms with E-state index < -0.39 is 0 Å². The molecule has 0 aliphatic heterocycles. The fraction of sp³-hybridized carbons (Fsp3) is 0.250. The number of unbranched alkanes of at least 4 members (excludes halogenated alkanes) is 1. The van der Waals surface area contributed by atoms with Crippen LogP contribution < -0.4 is 14.2 Å². The lowest BCUT2D eigenvalue weighted by molar-refractivity contribution is 0.266. The van der Waals surface area contributed by atoms with E-state index in [1.54, 1.807) is 24.3 Å². The average molecular weight is 479 g/mol. The summed E-state index contributed by atoms with van der Waals surface area (Å²) in [5.74, 6) is 1.64. The molecule has 0 unspecified atom stereocenters. The highest BCUT2D eigenvalue weighted by atomic mass is 35.5. The molecule has 2 aromatic carbocycles. The number of oxime groups is 1. The van der Waals surface area contributed by atoms with E-state index >= 15 is 0 Å². The smallest absolute Gasteiger partial charge is 0.156 e. The van der Waals surface area contributed by atoms with Crippen LogP contribution in [0.2, 0.25) is 10.0 Å². The third-order valence-electron chi connectivity index (χ3n) is 3.60. The molecule has 2 aromatic rings. The summed E-state index contributed by atoms with van der Waals surface area (Å²) in [6.45, 7) is 1.19. The van der Waals surface area contributed by atoms with Gasteiger partial charge in [-0.3, -0.25) is 0 Å². The van der Waals surface area contributed by atoms with Crippen molar-refractivity contribution in [1.29, 1.82) is 0 Å². The Morgan fingerprint density at radius 2 is 1.52 bits per heavy atom. The normalized spacial score (nSPS) is 10.8. The van der Waals surface area contributed by atoms with Crippen LogP contribution in [0.4, 0.5) is 0 Å². The number of ether oxygens (including phenoxy) is 3. The SMILES string of the molecule is ON=Cc1ccc(OCCCCOc2c(Cl)cc(OCC=C(Cl)Cl)cc2Cl)cc1. The number of nitrogens with zero attached hydrogens (tertiary/aromatic N) is 1. The van der Waals surface area contributed by atoms with Crippen LogP contribution in [0.25, 0.3) is 0 Å². The van der Waals surface area contributed by atoms with Gasteiger partial charge in [-0.25, -0.2) is 0 Å².